The van der Waals surface area contributed by atoms with E-state index in [1.165, 1.54) is 12.1 Å². The van der Waals surface area contributed by atoms with Crippen molar-refractivity contribution in [2.75, 3.05) is 12.3 Å². The molecule has 0 atom stereocenters. The lowest BCUT2D eigenvalue weighted by molar-refractivity contribution is 0.0216. The van der Waals surface area contributed by atoms with E-state index >= 15 is 0 Å². The molecular weight excluding hydrogens is 320 g/mol. The van der Waals surface area contributed by atoms with Gasteiger partial charge in [-0.25, -0.2) is 9.59 Å². The van der Waals surface area contributed by atoms with E-state index in [2.05, 4.69) is 20.8 Å². The maximum absolute atomic E-state index is 12.6. The number of anilines is 1. The first-order chi connectivity index (χ1) is 11.3. The average Bonchev–Trinajstić information content (AvgIpc) is 2.41. The van der Waals surface area contributed by atoms with E-state index in [1.54, 1.807) is 11.0 Å². The van der Waals surface area contributed by atoms with Gasteiger partial charge in [0.15, 0.2) is 0 Å². The van der Waals surface area contributed by atoms with Crippen molar-refractivity contribution in [3.05, 3.63) is 29.3 Å². The quantitative estimate of drug-likeness (QED) is 0.779. The minimum Gasteiger partial charge on any atom is -0.478 e. The minimum absolute atomic E-state index is 0.0503. The van der Waals surface area contributed by atoms with Crippen molar-refractivity contribution in [2.24, 2.45) is 5.41 Å². The molecule has 140 valence electrons. The molecule has 3 N–H and O–H groups in total. The van der Waals surface area contributed by atoms with Crippen molar-refractivity contribution in [2.45, 2.75) is 60.1 Å². The number of amides is 1. The van der Waals surface area contributed by atoms with Crippen molar-refractivity contribution >= 4 is 17.7 Å². The van der Waals surface area contributed by atoms with Crippen molar-refractivity contribution < 1.29 is 19.4 Å². The second-order valence-electron chi connectivity index (χ2n) is 8.43. The fraction of sp³-hybridized carbons (Fsp3) is 0.579. The number of benzene rings is 1. The first-order valence-corrected chi connectivity index (χ1v) is 8.38. The summed E-state index contributed by atoms with van der Waals surface area (Å²) in [4.78, 5) is 25.3. The standard InChI is InChI=1S/C19H30N2O4/c1-18(2,3)9-10-21(17(24)25-19(4,5)6)12-14-11-13(16(22)23)7-8-15(14)20/h7-8,11H,9-10,12,20H2,1-6H3,(H,22,23). The van der Waals surface area contributed by atoms with E-state index in [4.69, 9.17) is 15.6 Å². The average molecular weight is 350 g/mol. The van der Waals surface area contributed by atoms with Gasteiger partial charge in [-0.15, -0.1) is 0 Å². The summed E-state index contributed by atoms with van der Waals surface area (Å²) < 4.78 is 5.48. The molecule has 1 rings (SSSR count). The topological polar surface area (TPSA) is 92.9 Å². The van der Waals surface area contributed by atoms with Gasteiger partial charge < -0.3 is 20.5 Å². The Labute approximate surface area is 150 Å². The first kappa shape index (κ1) is 20.8. The van der Waals surface area contributed by atoms with Crippen LogP contribution in [0, 0.1) is 5.41 Å². The second kappa shape index (κ2) is 7.76. The molecule has 0 aliphatic rings. The Morgan fingerprint density at radius 1 is 1.16 bits per heavy atom. The molecule has 6 nitrogen and oxygen atoms in total. The number of ether oxygens (including phenoxy) is 1. The lowest BCUT2D eigenvalue weighted by Crippen LogP contribution is -2.38. The molecule has 6 heteroatoms. The van der Waals surface area contributed by atoms with Crippen LogP contribution in [0.3, 0.4) is 0 Å². The minimum atomic E-state index is -1.03. The maximum Gasteiger partial charge on any atom is 0.410 e. The lowest BCUT2D eigenvalue weighted by Gasteiger charge is -2.30. The fourth-order valence-electron chi connectivity index (χ4n) is 2.11. The number of nitrogen functional groups attached to an aromatic ring is 1. The van der Waals surface area contributed by atoms with Gasteiger partial charge in [-0.2, -0.15) is 0 Å². The highest BCUT2D eigenvalue weighted by molar-refractivity contribution is 5.88. The van der Waals surface area contributed by atoms with Crippen LogP contribution < -0.4 is 5.73 Å². The smallest absolute Gasteiger partial charge is 0.410 e. The number of carbonyl (C=O) groups is 2. The summed E-state index contributed by atoms with van der Waals surface area (Å²) >= 11 is 0. The predicted molar refractivity (Wildman–Crippen MR) is 98.5 cm³/mol. The Morgan fingerprint density at radius 3 is 2.24 bits per heavy atom. The van der Waals surface area contributed by atoms with E-state index in [9.17, 15) is 9.59 Å². The molecule has 0 saturated heterocycles. The van der Waals surface area contributed by atoms with Gasteiger partial charge in [-0.3, -0.25) is 0 Å². The summed E-state index contributed by atoms with van der Waals surface area (Å²) in [5, 5.41) is 9.16. The Balaban J connectivity index is 3.05. The molecule has 0 unspecified atom stereocenters. The molecular formula is C19H30N2O4. The van der Waals surface area contributed by atoms with E-state index < -0.39 is 17.7 Å². The zero-order valence-electron chi connectivity index (χ0n) is 16.0. The number of hydrogen-bond donors (Lipinski definition) is 2. The lowest BCUT2D eigenvalue weighted by atomic mass is 9.92. The van der Waals surface area contributed by atoms with Gasteiger partial charge in [0.2, 0.25) is 0 Å². The Bertz CT molecular complexity index is 627. The van der Waals surface area contributed by atoms with E-state index in [0.717, 1.165) is 6.42 Å². The Kier molecular flexibility index (Phi) is 6.46. The molecule has 0 radical (unpaired) electrons. The summed E-state index contributed by atoms with van der Waals surface area (Å²) in [6.07, 6.45) is 0.349. The third kappa shape index (κ3) is 7.45. The van der Waals surface area contributed by atoms with Gasteiger partial charge in [0, 0.05) is 12.2 Å². The molecule has 0 aliphatic heterocycles. The van der Waals surface area contributed by atoms with Crippen LogP contribution in [0.25, 0.3) is 0 Å². The zero-order valence-corrected chi connectivity index (χ0v) is 16.0. The molecule has 0 aromatic heterocycles. The molecule has 1 aromatic rings. The summed E-state index contributed by atoms with van der Waals surface area (Å²) in [5.74, 6) is -1.03. The van der Waals surface area contributed by atoms with Crippen LogP contribution in [-0.4, -0.2) is 34.2 Å². The van der Waals surface area contributed by atoms with E-state index in [0.29, 0.717) is 17.8 Å². The van der Waals surface area contributed by atoms with Crippen LogP contribution in [0.2, 0.25) is 0 Å². The van der Waals surface area contributed by atoms with E-state index in [1.807, 2.05) is 20.8 Å². The van der Waals surface area contributed by atoms with Crippen LogP contribution in [-0.2, 0) is 11.3 Å². The van der Waals surface area contributed by atoms with Crippen LogP contribution in [0.15, 0.2) is 18.2 Å². The van der Waals surface area contributed by atoms with Crippen molar-refractivity contribution in [1.29, 1.82) is 0 Å². The number of carbonyl (C=O) groups excluding carboxylic acids is 1. The van der Waals surface area contributed by atoms with E-state index in [-0.39, 0.29) is 17.5 Å². The highest BCUT2D eigenvalue weighted by Crippen LogP contribution is 2.23. The Morgan fingerprint density at radius 2 is 1.76 bits per heavy atom. The number of carboxylic acids is 1. The zero-order chi connectivity index (χ0) is 19.4. The molecule has 0 spiro atoms. The van der Waals surface area contributed by atoms with Gasteiger partial charge in [-0.05, 0) is 56.4 Å². The number of nitrogens with zero attached hydrogens (tertiary/aromatic N) is 1. The normalized spacial score (nSPS) is 11.9. The van der Waals surface area contributed by atoms with Gasteiger partial charge >= 0.3 is 12.1 Å². The van der Waals surface area contributed by atoms with Gasteiger partial charge in [-0.1, -0.05) is 20.8 Å². The third-order valence-electron chi connectivity index (χ3n) is 3.53. The first-order valence-electron chi connectivity index (χ1n) is 8.38. The summed E-state index contributed by atoms with van der Waals surface area (Å²) in [6.45, 7) is 12.4. The SMILES string of the molecule is CC(C)(C)CCN(Cc1cc(C(=O)O)ccc1N)C(=O)OC(C)(C)C. The molecule has 0 saturated carbocycles. The molecule has 0 fully saturated rings. The van der Waals surface area contributed by atoms with Crippen LogP contribution in [0.1, 0.15) is 63.9 Å². The molecule has 1 aromatic carbocycles. The molecule has 1 amide bonds. The second-order valence-corrected chi connectivity index (χ2v) is 8.43. The van der Waals surface area contributed by atoms with Crippen molar-refractivity contribution in [1.82, 2.24) is 4.90 Å². The highest BCUT2D eigenvalue weighted by Gasteiger charge is 2.24. The Hall–Kier alpha value is -2.24. The number of rotatable bonds is 5. The predicted octanol–water partition coefficient (Wildman–Crippen LogP) is 4.14. The largest absolute Gasteiger partial charge is 0.478 e. The molecule has 0 heterocycles. The van der Waals surface area contributed by atoms with Crippen molar-refractivity contribution in [3.8, 4) is 0 Å². The number of aromatic carboxylic acids is 1. The van der Waals surface area contributed by atoms with Gasteiger partial charge in [0.1, 0.15) is 5.60 Å². The summed E-state index contributed by atoms with van der Waals surface area (Å²) in [5.41, 5.74) is 6.61. The summed E-state index contributed by atoms with van der Waals surface area (Å²) in [7, 11) is 0. The molecule has 0 aliphatic carbocycles. The fourth-order valence-corrected chi connectivity index (χ4v) is 2.11. The van der Waals surface area contributed by atoms with Gasteiger partial charge in [0.05, 0.1) is 12.1 Å². The maximum atomic E-state index is 12.6. The van der Waals surface area contributed by atoms with Gasteiger partial charge in [0.25, 0.3) is 0 Å². The highest BCUT2D eigenvalue weighted by atomic mass is 16.6. The van der Waals surface area contributed by atoms with Crippen LogP contribution >= 0.6 is 0 Å². The number of hydrogen-bond acceptors (Lipinski definition) is 4. The third-order valence-corrected chi connectivity index (χ3v) is 3.53. The van der Waals surface area contributed by atoms with Crippen molar-refractivity contribution in [3.63, 3.8) is 0 Å². The number of nitrogens with two attached hydrogens (primary N) is 1. The molecule has 25 heavy (non-hydrogen) atoms. The monoisotopic (exact) mass is 350 g/mol. The van der Waals surface area contributed by atoms with Crippen LogP contribution in [0.5, 0.6) is 0 Å². The summed E-state index contributed by atoms with van der Waals surface area (Å²) in [6, 6.07) is 4.51. The number of carboxylic acid groups (broad SMARTS) is 1. The molecule has 0 bridgehead atoms. The van der Waals surface area contributed by atoms with Crippen LogP contribution in [0.4, 0.5) is 10.5 Å².